The summed E-state index contributed by atoms with van der Waals surface area (Å²) >= 11 is 0. The molecule has 1 aliphatic heterocycles. The molecule has 2 aromatic heterocycles. The van der Waals surface area contributed by atoms with Gasteiger partial charge in [-0.1, -0.05) is 12.5 Å². The van der Waals surface area contributed by atoms with Crippen LogP contribution >= 0.6 is 0 Å². The molecule has 2 aromatic rings. The molecule has 0 radical (unpaired) electrons. The second-order valence-corrected chi connectivity index (χ2v) is 6.32. The van der Waals surface area contributed by atoms with Gasteiger partial charge in [0.1, 0.15) is 5.75 Å². The van der Waals surface area contributed by atoms with E-state index in [9.17, 15) is 4.79 Å². The molecule has 132 valence electrons. The molecule has 1 N–H and O–H groups in total. The van der Waals surface area contributed by atoms with Gasteiger partial charge in [-0.2, -0.15) is 0 Å². The van der Waals surface area contributed by atoms with Crippen molar-refractivity contribution in [2.75, 3.05) is 19.6 Å². The molecule has 25 heavy (non-hydrogen) atoms. The zero-order valence-corrected chi connectivity index (χ0v) is 14.6. The quantitative estimate of drug-likeness (QED) is 0.876. The van der Waals surface area contributed by atoms with Gasteiger partial charge in [-0.25, -0.2) is 4.98 Å². The van der Waals surface area contributed by atoms with Gasteiger partial charge in [-0.05, 0) is 51.1 Å². The van der Waals surface area contributed by atoms with Crippen LogP contribution in [0.15, 0.2) is 36.7 Å². The topological polar surface area (TPSA) is 67.3 Å². The largest absolute Gasteiger partial charge is 0.437 e. The van der Waals surface area contributed by atoms with Crippen molar-refractivity contribution in [1.29, 1.82) is 0 Å². The lowest BCUT2D eigenvalue weighted by atomic mass is 10.1. The van der Waals surface area contributed by atoms with E-state index in [0.29, 0.717) is 24.7 Å². The molecule has 6 nitrogen and oxygen atoms in total. The van der Waals surface area contributed by atoms with E-state index in [1.54, 1.807) is 12.4 Å². The molecule has 1 fully saturated rings. The highest BCUT2D eigenvalue weighted by Crippen LogP contribution is 2.22. The molecule has 1 aliphatic rings. The molecule has 0 unspecified atom stereocenters. The van der Waals surface area contributed by atoms with Gasteiger partial charge >= 0.3 is 0 Å². The molecular formula is C19H24N4O2. The molecule has 3 heterocycles. The van der Waals surface area contributed by atoms with Crippen LogP contribution in [0, 0.1) is 6.92 Å². The number of hydrogen-bond donors (Lipinski definition) is 1. The third kappa shape index (κ3) is 5.26. The van der Waals surface area contributed by atoms with Crippen LogP contribution in [-0.4, -0.2) is 40.4 Å². The molecule has 1 saturated heterocycles. The number of nitrogens with zero attached hydrogens (tertiary/aromatic N) is 3. The van der Waals surface area contributed by atoms with Gasteiger partial charge in [0.2, 0.25) is 11.8 Å². The zero-order valence-electron chi connectivity index (χ0n) is 14.6. The molecule has 0 aliphatic carbocycles. The molecule has 0 atom stereocenters. The van der Waals surface area contributed by atoms with Crippen molar-refractivity contribution in [2.24, 2.45) is 0 Å². The number of aryl methyl sites for hydroxylation is 1. The van der Waals surface area contributed by atoms with Crippen molar-refractivity contribution in [1.82, 2.24) is 20.2 Å². The minimum absolute atomic E-state index is 0.0358. The summed E-state index contributed by atoms with van der Waals surface area (Å²) < 4.78 is 5.81. The molecule has 3 rings (SSSR count). The van der Waals surface area contributed by atoms with Crippen LogP contribution in [-0.2, 0) is 11.3 Å². The van der Waals surface area contributed by atoms with Gasteiger partial charge in [0.15, 0.2) is 0 Å². The van der Waals surface area contributed by atoms with Gasteiger partial charge in [0.25, 0.3) is 0 Å². The number of piperidine rings is 1. The van der Waals surface area contributed by atoms with Crippen LogP contribution in [0.2, 0.25) is 0 Å². The normalized spacial score (nSPS) is 14.9. The van der Waals surface area contributed by atoms with Gasteiger partial charge in [0, 0.05) is 24.0 Å². The fraction of sp³-hybridized carbons (Fsp3) is 0.421. The lowest BCUT2D eigenvalue weighted by molar-refractivity contribution is -0.122. The summed E-state index contributed by atoms with van der Waals surface area (Å²) in [4.78, 5) is 22.9. The van der Waals surface area contributed by atoms with Crippen molar-refractivity contribution in [3.05, 3.63) is 47.9 Å². The van der Waals surface area contributed by atoms with Crippen molar-refractivity contribution >= 4 is 5.91 Å². The highest BCUT2D eigenvalue weighted by Gasteiger charge is 2.14. The third-order valence-corrected chi connectivity index (χ3v) is 4.24. The van der Waals surface area contributed by atoms with E-state index in [-0.39, 0.29) is 5.91 Å². The Morgan fingerprint density at radius 1 is 1.20 bits per heavy atom. The Kier molecular flexibility index (Phi) is 5.95. The first-order valence-electron chi connectivity index (χ1n) is 8.74. The molecule has 0 aromatic carbocycles. The van der Waals surface area contributed by atoms with Crippen LogP contribution in [0.3, 0.4) is 0 Å². The predicted molar refractivity (Wildman–Crippen MR) is 95.4 cm³/mol. The highest BCUT2D eigenvalue weighted by atomic mass is 16.5. The third-order valence-electron chi connectivity index (χ3n) is 4.24. The summed E-state index contributed by atoms with van der Waals surface area (Å²) in [7, 11) is 0. The van der Waals surface area contributed by atoms with E-state index in [0.717, 1.165) is 24.3 Å². The first kappa shape index (κ1) is 17.4. The van der Waals surface area contributed by atoms with Crippen molar-refractivity contribution in [3.63, 3.8) is 0 Å². The Hall–Kier alpha value is -2.47. The summed E-state index contributed by atoms with van der Waals surface area (Å²) in [6.45, 7) is 4.80. The van der Waals surface area contributed by atoms with Gasteiger partial charge in [0.05, 0.1) is 12.7 Å². The van der Waals surface area contributed by atoms with E-state index in [1.807, 2.05) is 31.2 Å². The summed E-state index contributed by atoms with van der Waals surface area (Å²) in [6.07, 6.45) is 6.97. The molecule has 0 saturated carbocycles. The van der Waals surface area contributed by atoms with Crippen LogP contribution < -0.4 is 10.1 Å². The predicted octanol–water partition coefficient (Wildman–Crippen LogP) is 2.68. The van der Waals surface area contributed by atoms with E-state index < -0.39 is 0 Å². The standard InChI is InChI=1S/C19H24N4O2/c1-15-7-8-17(13-21-15)25-19-16(6-5-9-20-19)12-22-18(24)14-23-10-3-2-4-11-23/h5-9,13H,2-4,10-12,14H2,1H3,(H,22,24). The molecule has 1 amide bonds. The van der Waals surface area contributed by atoms with Gasteiger partial charge in [-0.3, -0.25) is 14.7 Å². The molecule has 6 heteroatoms. The van der Waals surface area contributed by atoms with Crippen LogP contribution in [0.4, 0.5) is 0 Å². The van der Waals surface area contributed by atoms with Crippen LogP contribution in [0.25, 0.3) is 0 Å². The molecule has 0 spiro atoms. The highest BCUT2D eigenvalue weighted by molar-refractivity contribution is 5.78. The first-order valence-corrected chi connectivity index (χ1v) is 8.74. The zero-order chi connectivity index (χ0) is 17.5. The minimum atomic E-state index is 0.0358. The Bertz CT molecular complexity index is 697. The van der Waals surface area contributed by atoms with E-state index in [1.165, 1.54) is 19.3 Å². The number of aromatic nitrogens is 2. The number of carbonyl (C=O) groups excluding carboxylic acids is 1. The number of likely N-dealkylation sites (tertiary alicyclic amines) is 1. The lowest BCUT2D eigenvalue weighted by Gasteiger charge is -2.25. The Morgan fingerprint density at radius 2 is 2.04 bits per heavy atom. The van der Waals surface area contributed by atoms with Crippen LogP contribution in [0.1, 0.15) is 30.5 Å². The number of nitrogens with one attached hydrogen (secondary N) is 1. The summed E-state index contributed by atoms with van der Waals surface area (Å²) in [6, 6.07) is 7.49. The number of amides is 1. The second-order valence-electron chi connectivity index (χ2n) is 6.32. The number of hydrogen-bond acceptors (Lipinski definition) is 5. The van der Waals surface area contributed by atoms with E-state index in [4.69, 9.17) is 4.74 Å². The Labute approximate surface area is 148 Å². The number of pyridine rings is 2. The first-order chi connectivity index (χ1) is 12.2. The lowest BCUT2D eigenvalue weighted by Crippen LogP contribution is -2.39. The van der Waals surface area contributed by atoms with Gasteiger partial charge in [-0.15, -0.1) is 0 Å². The number of ether oxygens (including phenoxy) is 1. The van der Waals surface area contributed by atoms with E-state index in [2.05, 4.69) is 20.2 Å². The Balaban J connectivity index is 1.56. The monoisotopic (exact) mass is 340 g/mol. The smallest absolute Gasteiger partial charge is 0.234 e. The Morgan fingerprint density at radius 3 is 2.80 bits per heavy atom. The van der Waals surface area contributed by atoms with Crippen molar-refractivity contribution in [3.8, 4) is 11.6 Å². The maximum absolute atomic E-state index is 12.2. The van der Waals surface area contributed by atoms with Crippen molar-refractivity contribution in [2.45, 2.75) is 32.7 Å². The molecular weight excluding hydrogens is 316 g/mol. The summed E-state index contributed by atoms with van der Waals surface area (Å²) in [5.41, 5.74) is 1.77. The number of rotatable bonds is 6. The van der Waals surface area contributed by atoms with Gasteiger partial charge < -0.3 is 10.1 Å². The summed E-state index contributed by atoms with van der Waals surface area (Å²) in [5, 5.41) is 2.97. The average Bonchev–Trinajstić information content (AvgIpc) is 2.64. The van der Waals surface area contributed by atoms with E-state index >= 15 is 0 Å². The fourth-order valence-corrected chi connectivity index (χ4v) is 2.85. The average molecular weight is 340 g/mol. The fourth-order valence-electron chi connectivity index (χ4n) is 2.85. The SMILES string of the molecule is Cc1ccc(Oc2ncccc2CNC(=O)CN2CCCCC2)cn1. The maximum atomic E-state index is 12.2. The number of carbonyl (C=O) groups is 1. The van der Waals surface area contributed by atoms with Crippen LogP contribution in [0.5, 0.6) is 11.6 Å². The minimum Gasteiger partial charge on any atom is -0.437 e. The second kappa shape index (κ2) is 8.58. The van der Waals surface area contributed by atoms with Crippen molar-refractivity contribution < 1.29 is 9.53 Å². The summed E-state index contributed by atoms with van der Waals surface area (Å²) in [5.74, 6) is 1.16. The molecule has 0 bridgehead atoms. The maximum Gasteiger partial charge on any atom is 0.234 e.